The van der Waals surface area contributed by atoms with E-state index < -0.39 is 5.41 Å². The summed E-state index contributed by atoms with van der Waals surface area (Å²) in [4.78, 5) is 11.9. The summed E-state index contributed by atoms with van der Waals surface area (Å²) in [6.07, 6.45) is 0. The minimum absolute atomic E-state index is 0.0790. The van der Waals surface area contributed by atoms with Crippen LogP contribution in [0.2, 0.25) is 10.0 Å². The van der Waals surface area contributed by atoms with E-state index in [0.29, 0.717) is 20.9 Å². The second-order valence-corrected chi connectivity index (χ2v) is 8.63. The molecule has 1 amide bonds. The number of anilines is 1. The van der Waals surface area contributed by atoms with Gasteiger partial charge in [-0.15, -0.1) is 10.2 Å². The van der Waals surface area contributed by atoms with E-state index in [4.69, 9.17) is 23.2 Å². The molecule has 0 aliphatic heterocycles. The molecule has 4 nitrogen and oxygen atoms in total. The van der Waals surface area contributed by atoms with E-state index in [0.717, 1.165) is 9.90 Å². The fraction of sp³-hybridized carbons (Fsp3) is 0.357. The van der Waals surface area contributed by atoms with Crippen molar-refractivity contribution in [3.63, 3.8) is 0 Å². The zero-order chi connectivity index (χ0) is 16.3. The highest BCUT2D eigenvalue weighted by atomic mass is 35.5. The number of nitrogens with zero attached hydrogens (tertiary/aromatic N) is 2. The first kappa shape index (κ1) is 17.5. The maximum absolute atomic E-state index is 11.9. The van der Waals surface area contributed by atoms with Crippen molar-refractivity contribution in [3.8, 4) is 0 Å². The molecular formula is C14H15Cl2N3OS2. The van der Waals surface area contributed by atoms with Crippen LogP contribution in [0.25, 0.3) is 0 Å². The highest BCUT2D eigenvalue weighted by Crippen LogP contribution is 2.31. The summed E-state index contributed by atoms with van der Waals surface area (Å²) >= 11 is 14.8. The van der Waals surface area contributed by atoms with Crippen LogP contribution in [0.15, 0.2) is 22.5 Å². The molecule has 2 aromatic rings. The van der Waals surface area contributed by atoms with E-state index in [1.807, 2.05) is 32.9 Å². The van der Waals surface area contributed by atoms with Crippen molar-refractivity contribution in [1.82, 2.24) is 10.2 Å². The Morgan fingerprint density at radius 3 is 2.64 bits per heavy atom. The van der Waals surface area contributed by atoms with E-state index in [9.17, 15) is 4.79 Å². The van der Waals surface area contributed by atoms with Crippen molar-refractivity contribution >= 4 is 57.3 Å². The van der Waals surface area contributed by atoms with Gasteiger partial charge in [-0.1, -0.05) is 73.1 Å². The van der Waals surface area contributed by atoms with Crippen LogP contribution in [0.3, 0.4) is 0 Å². The van der Waals surface area contributed by atoms with Gasteiger partial charge in [0.15, 0.2) is 4.34 Å². The Hall–Kier alpha value is -0.820. The highest BCUT2D eigenvalue weighted by Gasteiger charge is 2.22. The average Bonchev–Trinajstić information content (AvgIpc) is 2.87. The molecule has 2 rings (SSSR count). The number of nitrogens with one attached hydrogen (secondary N) is 1. The third-order valence-electron chi connectivity index (χ3n) is 2.65. The molecule has 118 valence electrons. The first-order valence-electron chi connectivity index (χ1n) is 6.47. The molecule has 0 aliphatic carbocycles. The predicted molar refractivity (Wildman–Crippen MR) is 94.0 cm³/mol. The molecule has 0 unspecified atom stereocenters. The van der Waals surface area contributed by atoms with Crippen LogP contribution in [0.4, 0.5) is 5.13 Å². The summed E-state index contributed by atoms with van der Waals surface area (Å²) in [5.41, 5.74) is 0.592. The quantitative estimate of drug-likeness (QED) is 0.594. The van der Waals surface area contributed by atoms with Crippen LogP contribution in [0.1, 0.15) is 26.3 Å². The molecule has 8 heteroatoms. The van der Waals surface area contributed by atoms with Crippen LogP contribution in [0, 0.1) is 5.41 Å². The third-order valence-corrected chi connectivity index (χ3v) is 5.44. The number of benzene rings is 1. The number of aromatic nitrogens is 2. The van der Waals surface area contributed by atoms with Crippen molar-refractivity contribution in [2.45, 2.75) is 30.9 Å². The minimum Gasteiger partial charge on any atom is -0.300 e. The summed E-state index contributed by atoms with van der Waals surface area (Å²) in [7, 11) is 0. The molecule has 0 saturated heterocycles. The van der Waals surface area contributed by atoms with Gasteiger partial charge in [-0.25, -0.2) is 0 Å². The molecule has 0 bridgehead atoms. The second kappa shape index (κ2) is 7.17. The molecule has 0 aliphatic rings. The van der Waals surface area contributed by atoms with Gasteiger partial charge >= 0.3 is 0 Å². The summed E-state index contributed by atoms with van der Waals surface area (Å²) in [5.74, 6) is 0.628. The number of amides is 1. The summed E-state index contributed by atoms with van der Waals surface area (Å²) in [6.45, 7) is 5.55. The molecule has 0 spiro atoms. The van der Waals surface area contributed by atoms with Crippen molar-refractivity contribution in [2.24, 2.45) is 5.41 Å². The Labute approximate surface area is 147 Å². The molecular weight excluding hydrogens is 361 g/mol. The minimum atomic E-state index is -0.459. The Morgan fingerprint density at radius 2 is 2.00 bits per heavy atom. The third kappa shape index (κ3) is 4.84. The smallest absolute Gasteiger partial charge is 0.231 e. The normalized spacial score (nSPS) is 11.5. The van der Waals surface area contributed by atoms with Crippen molar-refractivity contribution in [2.75, 3.05) is 5.32 Å². The van der Waals surface area contributed by atoms with Gasteiger partial charge in [0, 0.05) is 11.2 Å². The first-order chi connectivity index (χ1) is 10.3. The van der Waals surface area contributed by atoms with E-state index in [2.05, 4.69) is 15.5 Å². The van der Waals surface area contributed by atoms with E-state index in [-0.39, 0.29) is 5.91 Å². The van der Waals surface area contributed by atoms with Crippen LogP contribution in [0.5, 0.6) is 0 Å². The fourth-order valence-corrected chi connectivity index (χ4v) is 3.39. The molecule has 0 radical (unpaired) electrons. The summed E-state index contributed by atoms with van der Waals surface area (Å²) in [6, 6.07) is 5.53. The molecule has 1 heterocycles. The lowest BCUT2D eigenvalue weighted by molar-refractivity contribution is -0.123. The van der Waals surface area contributed by atoms with Crippen molar-refractivity contribution in [1.29, 1.82) is 0 Å². The van der Waals surface area contributed by atoms with Gasteiger partial charge in [0.1, 0.15) is 0 Å². The lowest BCUT2D eigenvalue weighted by Gasteiger charge is -2.15. The maximum atomic E-state index is 11.9. The number of thioether (sulfide) groups is 1. The van der Waals surface area contributed by atoms with E-state index in [1.54, 1.807) is 6.07 Å². The monoisotopic (exact) mass is 375 g/mol. The van der Waals surface area contributed by atoms with Crippen LogP contribution < -0.4 is 5.32 Å². The zero-order valence-electron chi connectivity index (χ0n) is 12.3. The number of rotatable bonds is 4. The average molecular weight is 376 g/mol. The van der Waals surface area contributed by atoms with Gasteiger partial charge < -0.3 is 5.32 Å². The van der Waals surface area contributed by atoms with Crippen LogP contribution in [-0.2, 0) is 10.5 Å². The van der Waals surface area contributed by atoms with Crippen molar-refractivity contribution < 1.29 is 4.79 Å². The standard InChI is InChI=1S/C14H15Cl2N3OS2/c1-14(2,3)11(20)17-12-18-19-13(22-12)21-7-8-4-5-9(15)10(16)6-8/h4-6H,7H2,1-3H3,(H,17,18,20). The lowest BCUT2D eigenvalue weighted by Crippen LogP contribution is -2.27. The van der Waals surface area contributed by atoms with Crippen LogP contribution in [-0.4, -0.2) is 16.1 Å². The Morgan fingerprint density at radius 1 is 1.27 bits per heavy atom. The Balaban J connectivity index is 1.94. The van der Waals surface area contributed by atoms with E-state index in [1.165, 1.54) is 23.1 Å². The molecule has 22 heavy (non-hydrogen) atoms. The van der Waals surface area contributed by atoms with Gasteiger partial charge in [-0.3, -0.25) is 4.79 Å². The molecule has 0 fully saturated rings. The first-order valence-corrected chi connectivity index (χ1v) is 9.03. The Bertz CT molecular complexity index is 683. The topological polar surface area (TPSA) is 54.9 Å². The zero-order valence-corrected chi connectivity index (χ0v) is 15.5. The molecule has 0 saturated carbocycles. The van der Waals surface area contributed by atoms with E-state index >= 15 is 0 Å². The fourth-order valence-electron chi connectivity index (χ4n) is 1.38. The molecule has 0 atom stereocenters. The number of carbonyl (C=O) groups is 1. The highest BCUT2D eigenvalue weighted by molar-refractivity contribution is 8.00. The van der Waals surface area contributed by atoms with Gasteiger partial charge in [0.05, 0.1) is 10.0 Å². The summed E-state index contributed by atoms with van der Waals surface area (Å²) in [5, 5.41) is 12.4. The molecule has 1 aromatic heterocycles. The van der Waals surface area contributed by atoms with Crippen molar-refractivity contribution in [3.05, 3.63) is 33.8 Å². The van der Waals surface area contributed by atoms with Gasteiger partial charge in [0.2, 0.25) is 11.0 Å². The predicted octanol–water partition coefficient (Wildman–Crippen LogP) is 5.12. The number of halogens is 2. The van der Waals surface area contributed by atoms with Gasteiger partial charge in [-0.2, -0.15) is 0 Å². The van der Waals surface area contributed by atoms with Gasteiger partial charge in [-0.05, 0) is 17.7 Å². The lowest BCUT2D eigenvalue weighted by atomic mass is 9.96. The maximum Gasteiger partial charge on any atom is 0.231 e. The largest absolute Gasteiger partial charge is 0.300 e. The SMILES string of the molecule is CC(C)(C)C(=O)Nc1nnc(SCc2ccc(Cl)c(Cl)c2)s1. The summed E-state index contributed by atoms with van der Waals surface area (Å²) < 4.78 is 0.787. The molecule has 1 aromatic carbocycles. The van der Waals surface area contributed by atoms with Crippen LogP contribution >= 0.6 is 46.3 Å². The number of hydrogen-bond donors (Lipinski definition) is 1. The number of hydrogen-bond acceptors (Lipinski definition) is 5. The second-order valence-electron chi connectivity index (χ2n) is 5.61. The molecule has 1 N–H and O–H groups in total. The number of carbonyl (C=O) groups excluding carboxylic acids is 1. The Kier molecular flexibility index (Phi) is 5.71. The van der Waals surface area contributed by atoms with Gasteiger partial charge in [0.25, 0.3) is 0 Å².